The molecule has 1 saturated heterocycles. The van der Waals surface area contributed by atoms with E-state index in [4.69, 9.17) is 11.6 Å². The minimum absolute atomic E-state index is 0.0124. The average molecular weight is 357 g/mol. The van der Waals surface area contributed by atoms with Crippen LogP contribution in [0.4, 0.5) is 5.69 Å². The molecule has 0 radical (unpaired) electrons. The second kappa shape index (κ2) is 7.28. The summed E-state index contributed by atoms with van der Waals surface area (Å²) in [6.45, 7) is 4.33. The molecule has 2 aromatic carbocycles. The molecule has 2 aromatic rings. The number of nitrogens with one attached hydrogen (secondary N) is 1. The van der Waals surface area contributed by atoms with Gasteiger partial charge < -0.3 is 10.2 Å². The van der Waals surface area contributed by atoms with E-state index in [9.17, 15) is 9.59 Å². The van der Waals surface area contributed by atoms with Gasteiger partial charge in [0.2, 0.25) is 11.8 Å². The van der Waals surface area contributed by atoms with Crippen molar-refractivity contribution in [3.63, 3.8) is 0 Å². The van der Waals surface area contributed by atoms with Crippen LogP contribution in [0.25, 0.3) is 0 Å². The summed E-state index contributed by atoms with van der Waals surface area (Å²) >= 11 is 6.10. The summed E-state index contributed by atoms with van der Waals surface area (Å²) in [5.74, 6) is -0.479. The van der Waals surface area contributed by atoms with Gasteiger partial charge in [0.25, 0.3) is 0 Å². The molecule has 1 fully saturated rings. The van der Waals surface area contributed by atoms with E-state index in [1.54, 1.807) is 11.0 Å². The van der Waals surface area contributed by atoms with Gasteiger partial charge in [-0.1, -0.05) is 48.0 Å². The Morgan fingerprint density at radius 2 is 1.96 bits per heavy atom. The van der Waals surface area contributed by atoms with Crippen molar-refractivity contribution in [2.75, 3.05) is 11.9 Å². The van der Waals surface area contributed by atoms with Crippen molar-refractivity contribution in [2.24, 2.45) is 5.92 Å². The Balaban J connectivity index is 1.67. The van der Waals surface area contributed by atoms with Gasteiger partial charge in [-0.25, -0.2) is 0 Å². The zero-order valence-corrected chi connectivity index (χ0v) is 15.1. The van der Waals surface area contributed by atoms with Crippen LogP contribution >= 0.6 is 11.6 Å². The van der Waals surface area contributed by atoms with Gasteiger partial charge in [-0.2, -0.15) is 0 Å². The first kappa shape index (κ1) is 17.5. The molecule has 130 valence electrons. The molecular weight excluding hydrogens is 336 g/mol. The zero-order valence-electron chi connectivity index (χ0n) is 14.3. The van der Waals surface area contributed by atoms with Gasteiger partial charge in [0.1, 0.15) is 0 Å². The van der Waals surface area contributed by atoms with Crippen molar-refractivity contribution in [1.29, 1.82) is 0 Å². The van der Waals surface area contributed by atoms with Crippen LogP contribution in [-0.4, -0.2) is 23.3 Å². The predicted octanol–water partition coefficient (Wildman–Crippen LogP) is 4.20. The molecule has 3 rings (SSSR count). The van der Waals surface area contributed by atoms with E-state index in [0.29, 0.717) is 17.3 Å². The lowest BCUT2D eigenvalue weighted by molar-refractivity contribution is -0.129. The molecule has 1 heterocycles. The van der Waals surface area contributed by atoms with Crippen molar-refractivity contribution in [3.05, 3.63) is 64.7 Å². The summed E-state index contributed by atoms with van der Waals surface area (Å²) in [6.07, 6.45) is 0.239. The predicted molar refractivity (Wildman–Crippen MR) is 99.5 cm³/mol. The van der Waals surface area contributed by atoms with E-state index < -0.39 is 0 Å². The number of nitrogens with zero attached hydrogens (tertiary/aromatic N) is 1. The lowest BCUT2D eigenvalue weighted by atomic mass is 10.1. The van der Waals surface area contributed by atoms with Crippen LogP contribution in [-0.2, 0) is 9.59 Å². The van der Waals surface area contributed by atoms with E-state index >= 15 is 0 Å². The Labute approximate surface area is 152 Å². The van der Waals surface area contributed by atoms with Crippen LogP contribution in [0.5, 0.6) is 0 Å². The fourth-order valence-electron chi connectivity index (χ4n) is 3.11. The van der Waals surface area contributed by atoms with Crippen molar-refractivity contribution in [2.45, 2.75) is 26.3 Å². The summed E-state index contributed by atoms with van der Waals surface area (Å²) in [4.78, 5) is 26.7. The summed E-state index contributed by atoms with van der Waals surface area (Å²) in [6, 6.07) is 15.2. The topological polar surface area (TPSA) is 49.4 Å². The SMILES string of the molecule is Cc1ccc(NC(=O)[C@@H]2CC(=O)N([C@@H](C)c3ccccc3)C2)cc1Cl. The van der Waals surface area contributed by atoms with Gasteiger partial charge in [0.15, 0.2) is 0 Å². The maximum absolute atomic E-state index is 12.5. The van der Waals surface area contributed by atoms with Crippen LogP contribution in [0.2, 0.25) is 5.02 Å². The number of carbonyl (C=O) groups is 2. The molecule has 1 aliphatic heterocycles. The normalized spacial score (nSPS) is 18.3. The first-order valence-electron chi connectivity index (χ1n) is 8.37. The summed E-state index contributed by atoms with van der Waals surface area (Å²) in [5, 5.41) is 3.48. The Morgan fingerprint density at radius 1 is 1.24 bits per heavy atom. The quantitative estimate of drug-likeness (QED) is 0.892. The molecule has 0 unspecified atom stereocenters. The summed E-state index contributed by atoms with van der Waals surface area (Å²) < 4.78 is 0. The van der Waals surface area contributed by atoms with Gasteiger partial charge in [-0.05, 0) is 37.1 Å². The van der Waals surface area contributed by atoms with E-state index in [2.05, 4.69) is 5.32 Å². The zero-order chi connectivity index (χ0) is 18.0. The number of benzene rings is 2. The number of rotatable bonds is 4. The molecule has 1 N–H and O–H groups in total. The number of aryl methyl sites for hydroxylation is 1. The van der Waals surface area contributed by atoms with Gasteiger partial charge >= 0.3 is 0 Å². The maximum Gasteiger partial charge on any atom is 0.229 e. The van der Waals surface area contributed by atoms with Gasteiger partial charge in [0, 0.05) is 23.7 Å². The highest BCUT2D eigenvalue weighted by Crippen LogP contribution is 2.29. The number of hydrogen-bond acceptors (Lipinski definition) is 2. The van der Waals surface area contributed by atoms with Crippen molar-refractivity contribution in [1.82, 2.24) is 4.90 Å². The molecule has 25 heavy (non-hydrogen) atoms. The lowest BCUT2D eigenvalue weighted by Gasteiger charge is -2.25. The van der Waals surface area contributed by atoms with E-state index in [-0.39, 0.29) is 30.2 Å². The largest absolute Gasteiger partial charge is 0.335 e. The second-order valence-electron chi connectivity index (χ2n) is 6.49. The second-order valence-corrected chi connectivity index (χ2v) is 6.89. The van der Waals surface area contributed by atoms with E-state index in [1.165, 1.54) is 0 Å². The van der Waals surface area contributed by atoms with Crippen LogP contribution < -0.4 is 5.32 Å². The molecule has 0 aromatic heterocycles. The van der Waals surface area contributed by atoms with Crippen LogP contribution in [0, 0.1) is 12.8 Å². The Morgan fingerprint density at radius 3 is 2.64 bits per heavy atom. The molecule has 2 amide bonds. The monoisotopic (exact) mass is 356 g/mol. The number of amides is 2. The molecular formula is C20H21ClN2O2. The number of halogens is 1. The minimum Gasteiger partial charge on any atom is -0.335 e. The fraction of sp³-hybridized carbons (Fsp3) is 0.300. The lowest BCUT2D eigenvalue weighted by Crippen LogP contribution is -2.30. The third kappa shape index (κ3) is 3.85. The number of anilines is 1. The van der Waals surface area contributed by atoms with Gasteiger partial charge in [-0.3, -0.25) is 9.59 Å². The highest BCUT2D eigenvalue weighted by Gasteiger charge is 2.37. The molecule has 0 saturated carbocycles. The first-order valence-corrected chi connectivity index (χ1v) is 8.75. The van der Waals surface area contributed by atoms with Crippen LogP contribution in [0.3, 0.4) is 0 Å². The molecule has 0 bridgehead atoms. The van der Waals surface area contributed by atoms with Crippen molar-refractivity contribution in [3.8, 4) is 0 Å². The van der Waals surface area contributed by atoms with Gasteiger partial charge in [-0.15, -0.1) is 0 Å². The van der Waals surface area contributed by atoms with E-state index in [1.807, 2.05) is 56.3 Å². The molecule has 4 nitrogen and oxygen atoms in total. The van der Waals surface area contributed by atoms with E-state index in [0.717, 1.165) is 11.1 Å². The smallest absolute Gasteiger partial charge is 0.229 e. The molecule has 1 aliphatic rings. The number of likely N-dealkylation sites (tertiary alicyclic amines) is 1. The average Bonchev–Trinajstić information content (AvgIpc) is 3.00. The minimum atomic E-state index is -0.348. The van der Waals surface area contributed by atoms with Crippen LogP contribution in [0.15, 0.2) is 48.5 Å². The molecule has 0 spiro atoms. The Bertz CT molecular complexity index is 792. The highest BCUT2D eigenvalue weighted by atomic mass is 35.5. The van der Waals surface area contributed by atoms with Gasteiger partial charge in [0.05, 0.1) is 12.0 Å². The fourth-order valence-corrected chi connectivity index (χ4v) is 3.29. The number of hydrogen-bond donors (Lipinski definition) is 1. The maximum atomic E-state index is 12.5. The van der Waals surface area contributed by atoms with Crippen molar-refractivity contribution < 1.29 is 9.59 Å². The molecule has 5 heteroatoms. The van der Waals surface area contributed by atoms with Crippen LogP contribution in [0.1, 0.15) is 30.5 Å². The van der Waals surface area contributed by atoms with Crippen molar-refractivity contribution >= 4 is 29.1 Å². The third-order valence-electron chi connectivity index (χ3n) is 4.72. The summed E-state index contributed by atoms with van der Waals surface area (Å²) in [5.41, 5.74) is 2.68. The third-order valence-corrected chi connectivity index (χ3v) is 5.13. The standard InChI is InChI=1S/C20H21ClN2O2/c1-13-8-9-17(11-18(13)21)22-20(25)16-10-19(24)23(12-16)14(2)15-6-4-3-5-7-15/h3-9,11,14,16H,10,12H2,1-2H3,(H,22,25)/t14-,16+/m0/s1. The molecule has 2 atom stereocenters. The Kier molecular flexibility index (Phi) is 5.09. The first-order chi connectivity index (χ1) is 12.0. The highest BCUT2D eigenvalue weighted by molar-refractivity contribution is 6.31. The Hall–Kier alpha value is -2.33. The molecule has 0 aliphatic carbocycles. The summed E-state index contributed by atoms with van der Waals surface area (Å²) in [7, 11) is 0. The number of carbonyl (C=O) groups excluding carboxylic acids is 2.